The molecule has 0 bridgehead atoms. The number of anilines is 1. The van der Waals surface area contributed by atoms with Crippen molar-refractivity contribution in [2.75, 3.05) is 18.5 Å². The largest absolute Gasteiger partial charge is 0.341 e. The molecule has 2 atom stereocenters. The Morgan fingerprint density at radius 1 is 1.03 bits per heavy atom. The van der Waals surface area contributed by atoms with E-state index in [9.17, 15) is 14.0 Å². The van der Waals surface area contributed by atoms with Crippen molar-refractivity contribution in [1.82, 2.24) is 4.90 Å². The molecule has 1 aliphatic carbocycles. The van der Waals surface area contributed by atoms with E-state index in [2.05, 4.69) is 6.07 Å². The van der Waals surface area contributed by atoms with Crippen LogP contribution in [0, 0.1) is 17.7 Å². The predicted molar refractivity (Wildman–Crippen MR) is 111 cm³/mol. The second-order valence-corrected chi connectivity index (χ2v) is 8.19. The van der Waals surface area contributed by atoms with Gasteiger partial charge in [0.25, 0.3) is 0 Å². The van der Waals surface area contributed by atoms with Gasteiger partial charge in [-0.25, -0.2) is 4.39 Å². The lowest BCUT2D eigenvalue weighted by Gasteiger charge is -2.35. The summed E-state index contributed by atoms with van der Waals surface area (Å²) in [6.45, 7) is 1.12. The molecule has 0 spiro atoms. The summed E-state index contributed by atoms with van der Waals surface area (Å²) in [7, 11) is 1.77. The Bertz CT molecular complexity index is 896. The van der Waals surface area contributed by atoms with E-state index in [1.54, 1.807) is 24.1 Å². The molecule has 2 amide bonds. The third-order valence-electron chi connectivity index (χ3n) is 6.26. The molecule has 1 aliphatic heterocycles. The molecule has 2 aromatic rings. The minimum atomic E-state index is -0.286. The number of nitrogens with zero attached hydrogens (tertiary/aromatic N) is 2. The van der Waals surface area contributed by atoms with Crippen LogP contribution in [-0.4, -0.2) is 30.3 Å². The summed E-state index contributed by atoms with van der Waals surface area (Å²) in [4.78, 5) is 30.2. The molecule has 29 heavy (non-hydrogen) atoms. The smallest absolute Gasteiger partial charge is 0.230 e. The molecule has 1 fully saturated rings. The Balaban J connectivity index is 1.49. The summed E-state index contributed by atoms with van der Waals surface area (Å²) < 4.78 is 13.1. The van der Waals surface area contributed by atoms with Gasteiger partial charge < -0.3 is 9.80 Å². The van der Waals surface area contributed by atoms with Gasteiger partial charge in [-0.15, -0.1) is 0 Å². The van der Waals surface area contributed by atoms with Gasteiger partial charge >= 0.3 is 0 Å². The molecule has 0 aromatic heterocycles. The Hall–Kier alpha value is -2.69. The highest BCUT2D eigenvalue weighted by Gasteiger charge is 2.40. The van der Waals surface area contributed by atoms with Gasteiger partial charge in [0.05, 0.1) is 5.92 Å². The van der Waals surface area contributed by atoms with Crippen molar-refractivity contribution < 1.29 is 14.0 Å². The van der Waals surface area contributed by atoms with Crippen LogP contribution in [0.25, 0.3) is 0 Å². The van der Waals surface area contributed by atoms with Crippen molar-refractivity contribution in [3.63, 3.8) is 0 Å². The molecule has 0 N–H and O–H groups in total. The van der Waals surface area contributed by atoms with Crippen LogP contribution >= 0.6 is 0 Å². The number of halogens is 1. The van der Waals surface area contributed by atoms with Crippen molar-refractivity contribution in [1.29, 1.82) is 0 Å². The number of carbonyl (C=O) groups excluding carboxylic acids is 2. The molecule has 2 unspecified atom stereocenters. The van der Waals surface area contributed by atoms with Gasteiger partial charge in [0, 0.05) is 31.7 Å². The van der Waals surface area contributed by atoms with Gasteiger partial charge in [-0.1, -0.05) is 43.2 Å². The maximum absolute atomic E-state index is 13.4. The van der Waals surface area contributed by atoms with Gasteiger partial charge in [-0.2, -0.15) is 0 Å². The number of fused-ring (bicyclic) bond motifs is 1. The zero-order valence-electron chi connectivity index (χ0n) is 16.8. The molecule has 2 aliphatic rings. The zero-order chi connectivity index (χ0) is 20.4. The van der Waals surface area contributed by atoms with Crippen molar-refractivity contribution in [2.45, 2.75) is 38.6 Å². The second kappa shape index (κ2) is 8.36. The summed E-state index contributed by atoms with van der Waals surface area (Å²) in [6, 6.07) is 14.3. The summed E-state index contributed by atoms with van der Waals surface area (Å²) >= 11 is 0. The van der Waals surface area contributed by atoms with Crippen LogP contribution in [0.5, 0.6) is 0 Å². The van der Waals surface area contributed by atoms with E-state index in [1.165, 1.54) is 17.7 Å². The average molecular weight is 394 g/mol. The summed E-state index contributed by atoms with van der Waals surface area (Å²) in [6.07, 6.45) is 4.34. The number of benzene rings is 2. The predicted octanol–water partition coefficient (Wildman–Crippen LogP) is 4.18. The molecular formula is C24H27FN2O2. The fourth-order valence-corrected chi connectivity index (χ4v) is 4.71. The summed E-state index contributed by atoms with van der Waals surface area (Å²) in [5, 5.41) is 0. The molecular weight excluding hydrogens is 367 g/mol. The maximum Gasteiger partial charge on any atom is 0.230 e. The SMILES string of the molecule is CN(Cc1ccc(F)cc1)C(=O)C1CCCCC1C(=O)N1CCc2ccccc21. The van der Waals surface area contributed by atoms with E-state index >= 15 is 0 Å². The molecule has 1 heterocycles. The first-order chi connectivity index (χ1) is 14.0. The van der Waals surface area contributed by atoms with E-state index in [0.29, 0.717) is 13.1 Å². The number of amides is 2. The topological polar surface area (TPSA) is 40.6 Å². The summed E-state index contributed by atoms with van der Waals surface area (Å²) in [5.41, 5.74) is 3.08. The Labute approximate surface area is 171 Å². The average Bonchev–Trinajstić information content (AvgIpc) is 3.18. The van der Waals surface area contributed by atoms with E-state index in [0.717, 1.165) is 43.4 Å². The van der Waals surface area contributed by atoms with E-state index in [1.807, 2.05) is 23.1 Å². The molecule has 0 saturated heterocycles. The van der Waals surface area contributed by atoms with Crippen molar-refractivity contribution in [3.8, 4) is 0 Å². The highest BCUT2D eigenvalue weighted by atomic mass is 19.1. The van der Waals surface area contributed by atoms with E-state index < -0.39 is 0 Å². The minimum Gasteiger partial charge on any atom is -0.341 e. The zero-order valence-corrected chi connectivity index (χ0v) is 16.8. The van der Waals surface area contributed by atoms with Crippen LogP contribution in [0.1, 0.15) is 36.8 Å². The molecule has 1 saturated carbocycles. The Morgan fingerprint density at radius 2 is 1.72 bits per heavy atom. The van der Waals surface area contributed by atoms with Crippen LogP contribution in [0.15, 0.2) is 48.5 Å². The number of hydrogen-bond acceptors (Lipinski definition) is 2. The van der Waals surface area contributed by atoms with Crippen LogP contribution in [-0.2, 0) is 22.6 Å². The molecule has 2 aromatic carbocycles. The Morgan fingerprint density at radius 3 is 2.48 bits per heavy atom. The van der Waals surface area contributed by atoms with Gasteiger partial charge in [0.1, 0.15) is 5.82 Å². The lowest BCUT2D eigenvalue weighted by atomic mass is 9.77. The van der Waals surface area contributed by atoms with Crippen LogP contribution in [0.3, 0.4) is 0 Å². The molecule has 152 valence electrons. The fourth-order valence-electron chi connectivity index (χ4n) is 4.71. The van der Waals surface area contributed by atoms with Gasteiger partial charge in [-0.3, -0.25) is 9.59 Å². The van der Waals surface area contributed by atoms with Crippen LogP contribution < -0.4 is 4.90 Å². The molecule has 4 rings (SSSR count). The highest BCUT2D eigenvalue weighted by molar-refractivity contribution is 5.99. The van der Waals surface area contributed by atoms with Crippen molar-refractivity contribution in [2.24, 2.45) is 11.8 Å². The molecule has 5 heteroatoms. The first-order valence-corrected chi connectivity index (χ1v) is 10.4. The number of para-hydroxylation sites is 1. The van der Waals surface area contributed by atoms with Crippen molar-refractivity contribution >= 4 is 17.5 Å². The minimum absolute atomic E-state index is 0.0138. The van der Waals surface area contributed by atoms with Gasteiger partial charge in [0.2, 0.25) is 11.8 Å². The monoisotopic (exact) mass is 394 g/mol. The number of hydrogen-bond donors (Lipinski definition) is 0. The van der Waals surface area contributed by atoms with Crippen LogP contribution in [0.4, 0.5) is 10.1 Å². The lowest BCUT2D eigenvalue weighted by molar-refractivity contribution is -0.142. The third kappa shape index (κ3) is 4.04. The maximum atomic E-state index is 13.4. The third-order valence-corrected chi connectivity index (χ3v) is 6.26. The fraction of sp³-hybridized carbons (Fsp3) is 0.417. The number of carbonyl (C=O) groups is 2. The highest BCUT2D eigenvalue weighted by Crippen LogP contribution is 2.36. The normalized spacial score (nSPS) is 21.0. The second-order valence-electron chi connectivity index (χ2n) is 8.19. The standard InChI is InChI=1S/C24H27FN2O2/c1-26(16-17-10-12-19(25)13-11-17)23(28)20-7-3-4-8-21(20)24(29)27-15-14-18-6-2-5-9-22(18)27/h2,5-6,9-13,20-21H,3-4,7-8,14-16H2,1H3. The lowest BCUT2D eigenvalue weighted by Crippen LogP contribution is -2.45. The van der Waals surface area contributed by atoms with Crippen molar-refractivity contribution in [3.05, 3.63) is 65.5 Å². The quantitative estimate of drug-likeness (QED) is 0.781. The first-order valence-electron chi connectivity index (χ1n) is 10.4. The molecule has 0 radical (unpaired) electrons. The van der Waals surface area contributed by atoms with Crippen LogP contribution in [0.2, 0.25) is 0 Å². The van der Waals surface area contributed by atoms with Gasteiger partial charge in [0.15, 0.2) is 0 Å². The van der Waals surface area contributed by atoms with E-state index in [-0.39, 0.29) is 29.5 Å². The summed E-state index contributed by atoms with van der Waals surface area (Å²) in [5.74, 6) is -0.734. The molecule has 4 nitrogen and oxygen atoms in total. The number of rotatable bonds is 4. The van der Waals surface area contributed by atoms with E-state index in [4.69, 9.17) is 0 Å². The Kier molecular flexibility index (Phi) is 5.65. The first kappa shape index (κ1) is 19.6. The van der Waals surface area contributed by atoms with Gasteiger partial charge in [-0.05, 0) is 48.6 Å².